The van der Waals surface area contributed by atoms with Crippen LogP contribution in [-0.4, -0.2) is 34.8 Å². The highest BCUT2D eigenvalue weighted by Gasteiger charge is 2.39. The first-order chi connectivity index (χ1) is 12.0. The van der Waals surface area contributed by atoms with E-state index in [1.165, 1.54) is 6.07 Å². The number of benzene rings is 1. The second-order valence-electron chi connectivity index (χ2n) is 5.99. The summed E-state index contributed by atoms with van der Waals surface area (Å²) in [6, 6.07) is 6.19. The van der Waals surface area contributed by atoms with E-state index in [2.05, 4.69) is 10.3 Å². The highest BCUT2D eigenvalue weighted by atomic mass is 19.1. The number of nitrogens with one attached hydrogen (secondary N) is 1. The van der Waals surface area contributed by atoms with Crippen LogP contribution in [-0.2, 0) is 16.0 Å². The third kappa shape index (κ3) is 3.50. The molecule has 1 fully saturated rings. The van der Waals surface area contributed by atoms with Crippen LogP contribution in [0.5, 0.6) is 0 Å². The molecule has 1 aliphatic heterocycles. The minimum Gasteiger partial charge on any atom is -0.350 e. The van der Waals surface area contributed by atoms with Crippen molar-refractivity contribution < 1.29 is 18.4 Å². The minimum atomic E-state index is -0.765. The largest absolute Gasteiger partial charge is 0.350 e. The maximum atomic E-state index is 13.7. The molecule has 1 aliphatic rings. The Labute approximate surface area is 143 Å². The van der Waals surface area contributed by atoms with E-state index in [4.69, 9.17) is 0 Å². The van der Waals surface area contributed by atoms with E-state index < -0.39 is 30.0 Å². The van der Waals surface area contributed by atoms with Crippen LogP contribution in [0, 0.1) is 11.6 Å². The first kappa shape index (κ1) is 17.0. The van der Waals surface area contributed by atoms with Crippen molar-refractivity contribution in [1.82, 2.24) is 15.2 Å². The molecule has 0 saturated carbocycles. The summed E-state index contributed by atoms with van der Waals surface area (Å²) in [6.45, 7) is 0. The van der Waals surface area contributed by atoms with Crippen molar-refractivity contribution in [2.24, 2.45) is 0 Å². The van der Waals surface area contributed by atoms with Crippen LogP contribution >= 0.6 is 0 Å². The molecule has 1 N–H and O–H groups in total. The summed E-state index contributed by atoms with van der Waals surface area (Å²) in [4.78, 5) is 29.9. The van der Waals surface area contributed by atoms with Gasteiger partial charge in [0.05, 0.1) is 18.5 Å². The predicted molar refractivity (Wildman–Crippen MR) is 86.4 cm³/mol. The van der Waals surface area contributed by atoms with Gasteiger partial charge in [-0.3, -0.25) is 14.6 Å². The van der Waals surface area contributed by atoms with Gasteiger partial charge in [0.1, 0.15) is 11.6 Å². The van der Waals surface area contributed by atoms with Crippen molar-refractivity contribution in [2.45, 2.75) is 24.9 Å². The number of likely N-dealkylation sites (N-methyl/N-ethyl adjacent to an activating group) is 1. The molecule has 1 saturated heterocycles. The molecule has 0 radical (unpaired) electrons. The van der Waals surface area contributed by atoms with Crippen LogP contribution < -0.4 is 5.32 Å². The molecule has 1 aromatic carbocycles. The predicted octanol–water partition coefficient (Wildman–Crippen LogP) is 1.99. The number of halogens is 2. The van der Waals surface area contributed by atoms with Gasteiger partial charge in [0.25, 0.3) is 0 Å². The lowest BCUT2D eigenvalue weighted by Gasteiger charge is -2.25. The van der Waals surface area contributed by atoms with Crippen LogP contribution in [0.1, 0.15) is 23.6 Å². The zero-order valence-electron chi connectivity index (χ0n) is 13.6. The maximum absolute atomic E-state index is 13.7. The van der Waals surface area contributed by atoms with Crippen LogP contribution in [0.25, 0.3) is 0 Å². The lowest BCUT2D eigenvalue weighted by molar-refractivity contribution is -0.127. The van der Waals surface area contributed by atoms with Gasteiger partial charge in [-0.25, -0.2) is 8.78 Å². The molecule has 0 bridgehead atoms. The lowest BCUT2D eigenvalue weighted by Crippen LogP contribution is -2.40. The zero-order chi connectivity index (χ0) is 18.0. The van der Waals surface area contributed by atoms with Crippen LogP contribution in [0.4, 0.5) is 8.78 Å². The molecule has 2 amide bonds. The third-order valence-electron chi connectivity index (χ3n) is 4.36. The molecule has 5 nitrogen and oxygen atoms in total. The number of hydrogen-bond acceptors (Lipinski definition) is 3. The average molecular weight is 345 g/mol. The van der Waals surface area contributed by atoms with Gasteiger partial charge < -0.3 is 10.2 Å². The number of hydrogen-bond donors (Lipinski definition) is 1. The summed E-state index contributed by atoms with van der Waals surface area (Å²) in [7, 11) is 1.66. The molecule has 0 unspecified atom stereocenters. The Balaban J connectivity index is 1.76. The van der Waals surface area contributed by atoms with Gasteiger partial charge in [-0.1, -0.05) is 12.1 Å². The van der Waals surface area contributed by atoms with Gasteiger partial charge in [-0.05, 0) is 23.8 Å². The Hall–Kier alpha value is -2.83. The highest BCUT2D eigenvalue weighted by Crippen LogP contribution is 2.31. The summed E-state index contributed by atoms with van der Waals surface area (Å²) in [6.07, 6.45) is 2.96. The van der Waals surface area contributed by atoms with Crippen molar-refractivity contribution >= 4 is 11.8 Å². The van der Waals surface area contributed by atoms with Gasteiger partial charge >= 0.3 is 0 Å². The number of pyridine rings is 1. The van der Waals surface area contributed by atoms with Gasteiger partial charge in [0.2, 0.25) is 11.8 Å². The smallest absolute Gasteiger partial charge is 0.225 e. The van der Waals surface area contributed by atoms with E-state index in [-0.39, 0.29) is 23.9 Å². The summed E-state index contributed by atoms with van der Waals surface area (Å²) in [5.74, 6) is -2.18. The van der Waals surface area contributed by atoms with Crippen LogP contribution in [0.2, 0.25) is 0 Å². The van der Waals surface area contributed by atoms with Crippen molar-refractivity contribution in [1.29, 1.82) is 0 Å². The Kier molecular flexibility index (Phi) is 4.74. The normalized spacial score (nSPS) is 20.0. The monoisotopic (exact) mass is 345 g/mol. The molecule has 130 valence electrons. The zero-order valence-corrected chi connectivity index (χ0v) is 13.6. The Morgan fingerprint density at radius 2 is 2.00 bits per heavy atom. The Bertz CT molecular complexity index is 778. The molecule has 25 heavy (non-hydrogen) atoms. The highest BCUT2D eigenvalue weighted by molar-refractivity contribution is 5.83. The number of amides is 2. The topological polar surface area (TPSA) is 62.3 Å². The van der Waals surface area contributed by atoms with Gasteiger partial charge in [-0.2, -0.15) is 0 Å². The Morgan fingerprint density at radius 3 is 2.64 bits per heavy atom. The molecule has 0 spiro atoms. The minimum absolute atomic E-state index is 0.115. The summed E-state index contributed by atoms with van der Waals surface area (Å²) in [5, 5.41) is 2.73. The van der Waals surface area contributed by atoms with Gasteiger partial charge in [-0.15, -0.1) is 0 Å². The van der Waals surface area contributed by atoms with E-state index in [0.29, 0.717) is 0 Å². The number of rotatable bonds is 4. The van der Waals surface area contributed by atoms with Gasteiger partial charge in [0, 0.05) is 31.4 Å². The van der Waals surface area contributed by atoms with Crippen molar-refractivity contribution in [3.05, 3.63) is 65.5 Å². The first-order valence-electron chi connectivity index (χ1n) is 7.85. The van der Waals surface area contributed by atoms with Crippen LogP contribution in [0.3, 0.4) is 0 Å². The summed E-state index contributed by atoms with van der Waals surface area (Å²) in [5.41, 5.74) is 0.508. The van der Waals surface area contributed by atoms with E-state index in [1.54, 1.807) is 30.4 Å². The molecule has 3 rings (SSSR count). The molecule has 2 aromatic rings. The fourth-order valence-corrected chi connectivity index (χ4v) is 3.13. The molecule has 2 atom stereocenters. The molecule has 7 heteroatoms. The quantitative estimate of drug-likeness (QED) is 0.922. The van der Waals surface area contributed by atoms with E-state index in [1.807, 2.05) is 6.07 Å². The van der Waals surface area contributed by atoms with Crippen LogP contribution in [0.15, 0.2) is 42.7 Å². The second kappa shape index (κ2) is 6.96. The number of aromatic nitrogens is 1. The van der Waals surface area contributed by atoms with Crippen molar-refractivity contribution in [3.63, 3.8) is 0 Å². The van der Waals surface area contributed by atoms with Crippen molar-refractivity contribution in [3.8, 4) is 0 Å². The molecular weight excluding hydrogens is 328 g/mol. The summed E-state index contributed by atoms with van der Waals surface area (Å²) >= 11 is 0. The molecular formula is C18H17F2N3O2. The third-order valence-corrected chi connectivity index (χ3v) is 4.36. The fourth-order valence-electron chi connectivity index (χ4n) is 3.13. The van der Waals surface area contributed by atoms with Gasteiger partial charge in [0.15, 0.2) is 0 Å². The van der Waals surface area contributed by atoms with E-state index in [9.17, 15) is 18.4 Å². The average Bonchev–Trinajstić information content (AvgIpc) is 2.86. The first-order valence-corrected chi connectivity index (χ1v) is 7.85. The fraction of sp³-hybridized carbons (Fsp3) is 0.278. The summed E-state index contributed by atoms with van der Waals surface area (Å²) < 4.78 is 27.4. The number of carbonyl (C=O) groups is 2. The lowest BCUT2D eigenvalue weighted by atomic mass is 10.0. The molecule has 0 aliphatic carbocycles. The number of nitrogens with zero attached hydrogens (tertiary/aromatic N) is 2. The molecule has 2 heterocycles. The molecule has 1 aromatic heterocycles. The Morgan fingerprint density at radius 1 is 1.28 bits per heavy atom. The number of likely N-dealkylation sites (tertiary alicyclic amines) is 1. The second-order valence-corrected chi connectivity index (χ2v) is 5.99. The van der Waals surface area contributed by atoms with E-state index in [0.717, 1.165) is 17.7 Å². The van der Waals surface area contributed by atoms with Crippen molar-refractivity contribution in [2.75, 3.05) is 7.05 Å². The SMILES string of the molecule is CN1C(=O)C[C@@H](NC(=O)Cc2c(F)cccc2F)[C@@H]1c1cccnc1. The number of carbonyl (C=O) groups excluding carboxylic acids is 2. The standard InChI is InChI=1S/C18H17F2N3O2/c1-23-17(25)9-15(18(23)11-4-3-7-21-10-11)22-16(24)8-12-13(19)5-2-6-14(12)20/h2-7,10,15,18H,8-9H2,1H3,(H,22,24)/t15-,18+/m1/s1. The maximum Gasteiger partial charge on any atom is 0.225 e. The van der Waals surface area contributed by atoms with E-state index >= 15 is 0 Å².